The van der Waals surface area contributed by atoms with E-state index in [2.05, 4.69) is 31.2 Å². The Morgan fingerprint density at radius 1 is 1.00 bits per heavy atom. The molecule has 0 radical (unpaired) electrons. The van der Waals surface area contributed by atoms with Crippen molar-refractivity contribution in [3.63, 3.8) is 0 Å². The molecule has 1 nitrogen and oxygen atoms in total. The van der Waals surface area contributed by atoms with Gasteiger partial charge in [-0.25, -0.2) is 0 Å². The zero-order valence-electron chi connectivity index (χ0n) is 13.0. The van der Waals surface area contributed by atoms with Gasteiger partial charge in [-0.1, -0.05) is 13.3 Å². The maximum atomic E-state index is 10.9. The third kappa shape index (κ3) is 6.12. The molecular weight excluding hydrogens is 272 g/mol. The highest BCUT2D eigenvalue weighted by Crippen LogP contribution is 2.34. The minimum atomic E-state index is 0.386. The molecule has 2 saturated carbocycles. The normalized spacial score (nSPS) is 33.9. The Bertz CT molecular complexity index is 257. The largest absolute Gasteiger partial charge is 0.300 e. The van der Waals surface area contributed by atoms with Gasteiger partial charge in [-0.05, 0) is 63.9 Å². The van der Waals surface area contributed by atoms with Crippen LogP contribution < -0.4 is 0 Å². The molecule has 0 aliphatic heterocycles. The first-order valence-electron chi connectivity index (χ1n) is 7.66. The van der Waals surface area contributed by atoms with E-state index in [0.29, 0.717) is 11.7 Å². The molecular formula is C16H30OS2. The SMILES string of the molecule is CC[C@H]1CC[C@@H](SC)C1.CS[C@@H]1CC[C@H](C(C)=O)C1. The Kier molecular flexibility index (Phi) is 8.56. The average molecular weight is 303 g/mol. The zero-order valence-corrected chi connectivity index (χ0v) is 14.6. The van der Waals surface area contributed by atoms with Crippen molar-refractivity contribution in [1.82, 2.24) is 0 Å². The summed E-state index contributed by atoms with van der Waals surface area (Å²) in [5, 5.41) is 1.75. The minimum absolute atomic E-state index is 0.386. The fourth-order valence-electron chi connectivity index (χ4n) is 3.14. The number of Topliss-reactive ketones (excluding diaryl/α,β-unsaturated/α-hetero) is 1. The summed E-state index contributed by atoms with van der Waals surface area (Å²) in [7, 11) is 0. The predicted octanol–water partition coefficient (Wildman–Crippen LogP) is 5.04. The van der Waals surface area contributed by atoms with Crippen LogP contribution in [-0.2, 0) is 4.79 Å². The summed E-state index contributed by atoms with van der Waals surface area (Å²) in [6, 6.07) is 0. The van der Waals surface area contributed by atoms with Gasteiger partial charge in [0.25, 0.3) is 0 Å². The monoisotopic (exact) mass is 302 g/mol. The average Bonchev–Trinajstić information content (AvgIpc) is 3.08. The lowest BCUT2D eigenvalue weighted by molar-refractivity contribution is -0.120. The molecule has 19 heavy (non-hydrogen) atoms. The highest BCUT2D eigenvalue weighted by Gasteiger charge is 2.26. The molecule has 2 aliphatic carbocycles. The van der Waals surface area contributed by atoms with E-state index in [0.717, 1.165) is 29.3 Å². The van der Waals surface area contributed by atoms with Crippen molar-refractivity contribution >= 4 is 29.3 Å². The first-order valence-corrected chi connectivity index (χ1v) is 10.2. The third-order valence-corrected chi connectivity index (χ3v) is 6.89. The number of hydrogen-bond donors (Lipinski definition) is 0. The molecule has 0 saturated heterocycles. The van der Waals surface area contributed by atoms with Crippen LogP contribution in [-0.4, -0.2) is 28.8 Å². The first-order chi connectivity index (χ1) is 9.10. The molecule has 0 aromatic heterocycles. The summed E-state index contributed by atoms with van der Waals surface area (Å²) in [4.78, 5) is 10.9. The van der Waals surface area contributed by atoms with E-state index >= 15 is 0 Å². The number of ketones is 1. The molecule has 112 valence electrons. The molecule has 0 aromatic carbocycles. The van der Waals surface area contributed by atoms with Crippen molar-refractivity contribution in [3.05, 3.63) is 0 Å². The summed E-state index contributed by atoms with van der Waals surface area (Å²) in [6.07, 6.45) is 13.7. The number of carbonyl (C=O) groups excluding carboxylic acids is 1. The van der Waals surface area contributed by atoms with E-state index in [9.17, 15) is 4.79 Å². The van der Waals surface area contributed by atoms with E-state index in [1.807, 2.05) is 11.8 Å². The van der Waals surface area contributed by atoms with Crippen LogP contribution in [0.5, 0.6) is 0 Å². The Morgan fingerprint density at radius 2 is 1.58 bits per heavy atom. The Hall–Kier alpha value is 0.370. The summed E-state index contributed by atoms with van der Waals surface area (Å²) in [5.41, 5.74) is 0. The van der Waals surface area contributed by atoms with Crippen molar-refractivity contribution in [3.8, 4) is 0 Å². The second kappa shape index (κ2) is 9.33. The topological polar surface area (TPSA) is 17.1 Å². The van der Waals surface area contributed by atoms with Gasteiger partial charge in [0.1, 0.15) is 5.78 Å². The van der Waals surface area contributed by atoms with Gasteiger partial charge in [-0.3, -0.25) is 4.79 Å². The van der Waals surface area contributed by atoms with Crippen LogP contribution in [0.1, 0.15) is 58.8 Å². The van der Waals surface area contributed by atoms with E-state index in [1.54, 1.807) is 6.92 Å². The Balaban J connectivity index is 0.000000191. The van der Waals surface area contributed by atoms with Gasteiger partial charge >= 0.3 is 0 Å². The molecule has 0 aromatic rings. The lowest BCUT2D eigenvalue weighted by Gasteiger charge is -2.04. The second-order valence-corrected chi connectivity index (χ2v) is 8.20. The molecule has 0 bridgehead atoms. The molecule has 0 N–H and O–H groups in total. The van der Waals surface area contributed by atoms with Crippen molar-refractivity contribution < 1.29 is 4.79 Å². The van der Waals surface area contributed by atoms with E-state index in [4.69, 9.17) is 0 Å². The van der Waals surface area contributed by atoms with Crippen LogP contribution in [0.15, 0.2) is 0 Å². The number of thioether (sulfide) groups is 2. The molecule has 3 heteroatoms. The zero-order chi connectivity index (χ0) is 14.3. The van der Waals surface area contributed by atoms with Gasteiger partial charge in [-0.2, -0.15) is 23.5 Å². The van der Waals surface area contributed by atoms with Gasteiger partial charge in [0.05, 0.1) is 0 Å². The summed E-state index contributed by atoms with van der Waals surface area (Å²) < 4.78 is 0. The van der Waals surface area contributed by atoms with E-state index in [1.165, 1.54) is 32.1 Å². The molecule has 0 heterocycles. The van der Waals surface area contributed by atoms with Crippen LogP contribution in [0.3, 0.4) is 0 Å². The molecule has 2 rings (SSSR count). The first kappa shape index (κ1) is 17.4. The fraction of sp³-hybridized carbons (Fsp3) is 0.938. The molecule has 0 unspecified atom stereocenters. The summed E-state index contributed by atoms with van der Waals surface area (Å²) in [6.45, 7) is 4.03. The lowest BCUT2D eigenvalue weighted by atomic mass is 10.0. The molecule has 0 spiro atoms. The summed E-state index contributed by atoms with van der Waals surface area (Å²) in [5.74, 6) is 1.83. The van der Waals surface area contributed by atoms with Crippen molar-refractivity contribution in [2.45, 2.75) is 69.3 Å². The minimum Gasteiger partial charge on any atom is -0.300 e. The van der Waals surface area contributed by atoms with Gasteiger partial charge in [0.15, 0.2) is 0 Å². The van der Waals surface area contributed by atoms with Crippen molar-refractivity contribution in [1.29, 1.82) is 0 Å². The van der Waals surface area contributed by atoms with Gasteiger partial charge in [-0.15, -0.1) is 0 Å². The van der Waals surface area contributed by atoms with Crippen molar-refractivity contribution in [2.75, 3.05) is 12.5 Å². The quantitative estimate of drug-likeness (QED) is 0.724. The Morgan fingerprint density at radius 3 is 1.89 bits per heavy atom. The second-order valence-electron chi connectivity index (χ2n) is 5.92. The summed E-state index contributed by atoms with van der Waals surface area (Å²) >= 11 is 3.95. The highest BCUT2D eigenvalue weighted by molar-refractivity contribution is 7.99. The maximum absolute atomic E-state index is 10.9. The van der Waals surface area contributed by atoms with E-state index in [-0.39, 0.29) is 0 Å². The number of carbonyl (C=O) groups is 1. The van der Waals surface area contributed by atoms with Crippen LogP contribution in [0.2, 0.25) is 0 Å². The lowest BCUT2D eigenvalue weighted by Crippen LogP contribution is -2.06. The smallest absolute Gasteiger partial charge is 0.132 e. The standard InChI is InChI=1S/C8H14OS.C8H16S/c1-6(9)7-3-4-8(5-7)10-2;1-3-7-4-5-8(6-7)9-2/h7-8H,3-5H2,1-2H3;7-8H,3-6H2,1-2H3/t2*7-,8+/m00/s1. The van der Waals surface area contributed by atoms with Gasteiger partial charge in [0, 0.05) is 16.4 Å². The number of hydrogen-bond acceptors (Lipinski definition) is 3. The molecule has 2 fully saturated rings. The highest BCUT2D eigenvalue weighted by atomic mass is 32.2. The van der Waals surface area contributed by atoms with Crippen LogP contribution >= 0.6 is 23.5 Å². The molecule has 0 amide bonds. The van der Waals surface area contributed by atoms with Crippen molar-refractivity contribution in [2.24, 2.45) is 11.8 Å². The third-order valence-electron chi connectivity index (χ3n) is 4.70. The number of rotatable bonds is 4. The predicted molar refractivity (Wildman–Crippen MR) is 90.3 cm³/mol. The molecule has 4 atom stereocenters. The van der Waals surface area contributed by atoms with Crippen LogP contribution in [0.4, 0.5) is 0 Å². The fourth-order valence-corrected chi connectivity index (χ4v) is 4.77. The van der Waals surface area contributed by atoms with E-state index < -0.39 is 0 Å². The molecule has 2 aliphatic rings. The van der Waals surface area contributed by atoms with Gasteiger partial charge < -0.3 is 0 Å². The van der Waals surface area contributed by atoms with Crippen LogP contribution in [0, 0.1) is 11.8 Å². The maximum Gasteiger partial charge on any atom is 0.132 e. The Labute approximate surface area is 128 Å². The van der Waals surface area contributed by atoms with Gasteiger partial charge in [0.2, 0.25) is 0 Å². The van der Waals surface area contributed by atoms with Crippen LogP contribution in [0.25, 0.3) is 0 Å².